The normalized spacial score (nSPS) is 22.9. The highest BCUT2D eigenvalue weighted by Gasteiger charge is 2.28. The van der Waals surface area contributed by atoms with Gasteiger partial charge in [-0.3, -0.25) is 4.90 Å². The van der Waals surface area contributed by atoms with Crippen LogP contribution >= 0.6 is 0 Å². The fraction of sp³-hybridized carbons (Fsp3) is 0.444. The second-order valence-electron chi connectivity index (χ2n) is 5.69. The van der Waals surface area contributed by atoms with Crippen molar-refractivity contribution in [3.63, 3.8) is 0 Å². The first-order chi connectivity index (χ1) is 10.2. The molecule has 2 heterocycles. The third kappa shape index (κ3) is 3.96. The maximum absolute atomic E-state index is 9.12. The van der Waals surface area contributed by atoms with Crippen molar-refractivity contribution >= 4 is 0 Å². The van der Waals surface area contributed by atoms with Crippen molar-refractivity contribution in [2.45, 2.75) is 51.4 Å². The third-order valence-electron chi connectivity index (χ3n) is 3.99. The van der Waals surface area contributed by atoms with E-state index in [0.717, 1.165) is 31.6 Å². The van der Waals surface area contributed by atoms with Crippen molar-refractivity contribution in [3.8, 4) is 0 Å². The molecular weight excluding hydrogens is 262 g/mol. The van der Waals surface area contributed by atoms with Crippen LogP contribution in [0.1, 0.15) is 37.7 Å². The first-order valence-corrected chi connectivity index (χ1v) is 7.51. The molecule has 21 heavy (non-hydrogen) atoms. The van der Waals surface area contributed by atoms with E-state index in [9.17, 15) is 0 Å². The molecule has 0 spiro atoms. The summed E-state index contributed by atoms with van der Waals surface area (Å²) in [5, 5.41) is 9.12. The van der Waals surface area contributed by atoms with Gasteiger partial charge in [0.15, 0.2) is 0 Å². The van der Waals surface area contributed by atoms with Crippen LogP contribution < -0.4 is 0 Å². The van der Waals surface area contributed by atoms with Crippen LogP contribution in [0.15, 0.2) is 53.5 Å². The van der Waals surface area contributed by atoms with Crippen molar-refractivity contribution < 1.29 is 9.52 Å². The number of rotatable bonds is 7. The van der Waals surface area contributed by atoms with Crippen molar-refractivity contribution in [3.05, 3.63) is 60.6 Å². The van der Waals surface area contributed by atoms with Gasteiger partial charge < -0.3 is 9.52 Å². The van der Waals surface area contributed by atoms with E-state index < -0.39 is 0 Å². The van der Waals surface area contributed by atoms with Crippen LogP contribution in [0.4, 0.5) is 0 Å². The topological polar surface area (TPSA) is 36.6 Å². The van der Waals surface area contributed by atoms with Gasteiger partial charge in [-0.15, -0.1) is 13.2 Å². The summed E-state index contributed by atoms with van der Waals surface area (Å²) in [6.07, 6.45) is 9.25. The van der Waals surface area contributed by atoms with Gasteiger partial charge in [-0.2, -0.15) is 0 Å². The highest BCUT2D eigenvalue weighted by atomic mass is 16.4. The molecule has 1 aromatic rings. The van der Waals surface area contributed by atoms with E-state index >= 15 is 0 Å². The standard InChI is InChI=1S/C18H25NO2/c1-4-6-15-10-14(3)11-16(7-5-2)19(15)12-17-8-9-18(13-20)21-17/h4-5,8-10,15-16,20H,1-2,6-7,11-13H2,3H3/t15-,16-/m0/s1. The Kier molecular flexibility index (Phi) is 5.59. The lowest BCUT2D eigenvalue weighted by Gasteiger charge is -2.40. The minimum atomic E-state index is -0.0504. The van der Waals surface area contributed by atoms with Crippen LogP contribution in [-0.4, -0.2) is 22.1 Å². The molecule has 0 aromatic carbocycles. The molecule has 0 saturated heterocycles. The van der Waals surface area contributed by atoms with Crippen LogP contribution in [-0.2, 0) is 13.2 Å². The number of hydrogen-bond acceptors (Lipinski definition) is 3. The summed E-state index contributed by atoms with van der Waals surface area (Å²) in [6, 6.07) is 4.59. The number of nitrogens with zero attached hydrogens (tertiary/aromatic N) is 1. The second-order valence-corrected chi connectivity index (χ2v) is 5.69. The third-order valence-corrected chi connectivity index (χ3v) is 3.99. The average Bonchev–Trinajstić information content (AvgIpc) is 2.91. The summed E-state index contributed by atoms with van der Waals surface area (Å²) in [7, 11) is 0. The zero-order valence-electron chi connectivity index (χ0n) is 12.8. The average molecular weight is 287 g/mol. The Labute approximate surface area is 127 Å². The summed E-state index contributed by atoms with van der Waals surface area (Å²) in [5.74, 6) is 1.52. The Morgan fingerprint density at radius 3 is 2.62 bits per heavy atom. The molecule has 1 N–H and O–H groups in total. The minimum absolute atomic E-state index is 0.0504. The maximum Gasteiger partial charge on any atom is 0.129 e. The van der Waals surface area contributed by atoms with Gasteiger partial charge in [-0.25, -0.2) is 0 Å². The lowest BCUT2D eigenvalue weighted by molar-refractivity contribution is 0.125. The molecule has 3 heteroatoms. The number of hydrogen-bond donors (Lipinski definition) is 1. The highest BCUT2D eigenvalue weighted by molar-refractivity contribution is 5.16. The number of furan rings is 1. The molecule has 0 amide bonds. The lowest BCUT2D eigenvalue weighted by Crippen LogP contribution is -2.44. The Morgan fingerprint density at radius 1 is 1.29 bits per heavy atom. The molecule has 1 aliphatic heterocycles. The molecule has 114 valence electrons. The van der Waals surface area contributed by atoms with Gasteiger partial charge in [0.1, 0.15) is 18.1 Å². The highest BCUT2D eigenvalue weighted by Crippen LogP contribution is 2.28. The van der Waals surface area contributed by atoms with E-state index in [1.165, 1.54) is 5.57 Å². The largest absolute Gasteiger partial charge is 0.462 e. The first kappa shape index (κ1) is 15.8. The smallest absolute Gasteiger partial charge is 0.129 e. The molecule has 3 nitrogen and oxygen atoms in total. The lowest BCUT2D eigenvalue weighted by atomic mass is 9.92. The monoisotopic (exact) mass is 287 g/mol. The molecule has 0 aliphatic carbocycles. The Morgan fingerprint density at radius 2 is 2.00 bits per heavy atom. The Hall–Kier alpha value is -1.58. The fourth-order valence-corrected chi connectivity index (χ4v) is 3.06. The SMILES string of the molecule is C=CC[C@H]1CC(C)=C[C@H](CC=C)N1Cc1ccc(CO)o1. The molecule has 1 aliphatic rings. The van der Waals surface area contributed by atoms with Crippen LogP contribution in [0, 0.1) is 0 Å². The molecule has 0 unspecified atom stereocenters. The quantitative estimate of drug-likeness (QED) is 0.775. The van der Waals surface area contributed by atoms with Crippen LogP contribution in [0.3, 0.4) is 0 Å². The van der Waals surface area contributed by atoms with Crippen LogP contribution in [0.5, 0.6) is 0 Å². The summed E-state index contributed by atoms with van der Waals surface area (Å²) in [6.45, 7) is 10.7. The molecule has 0 fully saturated rings. The van der Waals surface area contributed by atoms with E-state index in [1.54, 1.807) is 0 Å². The van der Waals surface area contributed by atoms with Crippen LogP contribution in [0.25, 0.3) is 0 Å². The fourth-order valence-electron chi connectivity index (χ4n) is 3.06. The van der Waals surface area contributed by atoms with Crippen molar-refractivity contribution in [2.24, 2.45) is 0 Å². The van der Waals surface area contributed by atoms with Gasteiger partial charge in [0.05, 0.1) is 6.54 Å². The van der Waals surface area contributed by atoms with Crippen molar-refractivity contribution in [1.29, 1.82) is 0 Å². The van der Waals surface area contributed by atoms with Crippen LogP contribution in [0.2, 0.25) is 0 Å². The van der Waals surface area contributed by atoms with E-state index in [2.05, 4.69) is 31.1 Å². The van der Waals surface area contributed by atoms with E-state index in [4.69, 9.17) is 9.52 Å². The summed E-state index contributed by atoms with van der Waals surface area (Å²) < 4.78 is 5.65. The van der Waals surface area contributed by atoms with Gasteiger partial charge in [0.25, 0.3) is 0 Å². The molecule has 0 bridgehead atoms. The zero-order valence-corrected chi connectivity index (χ0v) is 12.8. The van der Waals surface area contributed by atoms with Gasteiger partial charge in [0.2, 0.25) is 0 Å². The molecule has 0 radical (unpaired) electrons. The predicted octanol–water partition coefficient (Wildman–Crippen LogP) is 3.81. The van der Waals surface area contributed by atoms with Gasteiger partial charge in [-0.1, -0.05) is 23.8 Å². The summed E-state index contributed by atoms with van der Waals surface area (Å²) in [4.78, 5) is 2.45. The summed E-state index contributed by atoms with van der Waals surface area (Å²) >= 11 is 0. The molecular formula is C18H25NO2. The zero-order chi connectivity index (χ0) is 15.2. The Balaban J connectivity index is 2.20. The van der Waals surface area contributed by atoms with E-state index in [0.29, 0.717) is 17.8 Å². The first-order valence-electron chi connectivity index (χ1n) is 7.51. The summed E-state index contributed by atoms with van der Waals surface area (Å²) in [5.41, 5.74) is 1.43. The van der Waals surface area contributed by atoms with E-state index in [-0.39, 0.29) is 6.61 Å². The molecule has 2 rings (SSSR count). The predicted molar refractivity (Wildman–Crippen MR) is 85.8 cm³/mol. The molecule has 0 saturated carbocycles. The minimum Gasteiger partial charge on any atom is -0.462 e. The maximum atomic E-state index is 9.12. The molecule has 1 aromatic heterocycles. The second kappa shape index (κ2) is 7.43. The van der Waals surface area contributed by atoms with Gasteiger partial charge in [-0.05, 0) is 38.3 Å². The van der Waals surface area contributed by atoms with Crippen molar-refractivity contribution in [1.82, 2.24) is 4.90 Å². The van der Waals surface area contributed by atoms with Crippen molar-refractivity contribution in [2.75, 3.05) is 0 Å². The van der Waals surface area contributed by atoms with E-state index in [1.807, 2.05) is 24.3 Å². The Bertz CT molecular complexity index is 515. The number of aliphatic hydroxyl groups is 1. The van der Waals surface area contributed by atoms with Gasteiger partial charge >= 0.3 is 0 Å². The van der Waals surface area contributed by atoms with Gasteiger partial charge in [0, 0.05) is 12.1 Å². The number of aliphatic hydroxyl groups excluding tert-OH is 1. The molecule has 2 atom stereocenters.